The van der Waals surface area contributed by atoms with Crippen LogP contribution in [0.2, 0.25) is 0 Å². The Hall–Kier alpha value is -3.15. The van der Waals surface area contributed by atoms with Crippen LogP contribution in [0.25, 0.3) is 0 Å². The molecule has 28 heavy (non-hydrogen) atoms. The van der Waals surface area contributed by atoms with Gasteiger partial charge in [0.25, 0.3) is 11.8 Å². The van der Waals surface area contributed by atoms with Crippen molar-refractivity contribution in [3.05, 3.63) is 64.7 Å². The summed E-state index contributed by atoms with van der Waals surface area (Å²) >= 11 is 0. The van der Waals surface area contributed by atoms with E-state index in [0.29, 0.717) is 36.3 Å². The van der Waals surface area contributed by atoms with Crippen LogP contribution >= 0.6 is 0 Å². The van der Waals surface area contributed by atoms with Crippen LogP contribution in [0.4, 0.5) is 5.69 Å². The average Bonchev–Trinajstić information content (AvgIpc) is 3.08. The van der Waals surface area contributed by atoms with Crippen LogP contribution < -0.4 is 10.6 Å². The molecule has 0 spiro atoms. The summed E-state index contributed by atoms with van der Waals surface area (Å²) in [4.78, 5) is 38.4. The van der Waals surface area contributed by atoms with Crippen molar-refractivity contribution in [2.45, 2.75) is 33.2 Å². The molecule has 1 aliphatic heterocycles. The van der Waals surface area contributed by atoms with Gasteiger partial charge in [-0.25, -0.2) is 0 Å². The van der Waals surface area contributed by atoms with Gasteiger partial charge < -0.3 is 15.5 Å². The van der Waals surface area contributed by atoms with Crippen molar-refractivity contribution in [2.75, 3.05) is 18.4 Å². The summed E-state index contributed by atoms with van der Waals surface area (Å²) in [6.45, 7) is 5.57. The standard InChI is InChI=1S/C22H25N3O3/c1-3-23-21(27)18-10-9-15(2)19(13-18)24-22(28)17-7-4-6-16(12-17)14-25-11-5-8-20(25)26/h4,6-7,9-10,12-13H,3,5,8,11,14H2,1-2H3,(H,23,27)(H,24,28). The molecular formula is C22H25N3O3. The minimum absolute atomic E-state index is 0.160. The smallest absolute Gasteiger partial charge is 0.255 e. The summed E-state index contributed by atoms with van der Waals surface area (Å²) in [7, 11) is 0. The maximum atomic E-state index is 12.7. The first-order valence-corrected chi connectivity index (χ1v) is 9.55. The Bertz CT molecular complexity index is 908. The summed E-state index contributed by atoms with van der Waals surface area (Å²) in [5, 5.41) is 5.65. The number of nitrogens with one attached hydrogen (secondary N) is 2. The number of likely N-dealkylation sites (tertiary alicyclic amines) is 1. The maximum Gasteiger partial charge on any atom is 0.255 e. The van der Waals surface area contributed by atoms with Crippen LogP contribution in [0.5, 0.6) is 0 Å². The van der Waals surface area contributed by atoms with Crippen molar-refractivity contribution in [3.8, 4) is 0 Å². The lowest BCUT2D eigenvalue weighted by atomic mass is 10.1. The largest absolute Gasteiger partial charge is 0.352 e. The maximum absolute atomic E-state index is 12.7. The SMILES string of the molecule is CCNC(=O)c1ccc(C)c(NC(=O)c2cccc(CN3CCCC3=O)c2)c1. The fraction of sp³-hybridized carbons (Fsp3) is 0.318. The van der Waals surface area contributed by atoms with Gasteiger partial charge in [0.1, 0.15) is 0 Å². The van der Waals surface area contributed by atoms with Crippen LogP contribution in [0.3, 0.4) is 0 Å². The molecule has 1 aliphatic rings. The lowest BCUT2D eigenvalue weighted by Crippen LogP contribution is -2.24. The molecule has 1 saturated heterocycles. The predicted molar refractivity (Wildman–Crippen MR) is 108 cm³/mol. The highest BCUT2D eigenvalue weighted by Gasteiger charge is 2.20. The molecule has 1 heterocycles. The molecule has 0 saturated carbocycles. The molecule has 3 amide bonds. The van der Waals surface area contributed by atoms with E-state index in [4.69, 9.17) is 0 Å². The number of benzene rings is 2. The summed E-state index contributed by atoms with van der Waals surface area (Å²) in [5.41, 5.74) is 3.43. The molecule has 0 radical (unpaired) electrons. The average molecular weight is 379 g/mol. The van der Waals surface area contributed by atoms with E-state index in [-0.39, 0.29) is 17.7 Å². The van der Waals surface area contributed by atoms with E-state index in [1.165, 1.54) is 0 Å². The molecular weight excluding hydrogens is 354 g/mol. The van der Waals surface area contributed by atoms with E-state index in [0.717, 1.165) is 24.1 Å². The normalized spacial score (nSPS) is 13.5. The van der Waals surface area contributed by atoms with E-state index in [1.807, 2.05) is 43.0 Å². The minimum Gasteiger partial charge on any atom is -0.352 e. The molecule has 0 atom stereocenters. The van der Waals surface area contributed by atoms with E-state index in [1.54, 1.807) is 18.2 Å². The zero-order valence-corrected chi connectivity index (χ0v) is 16.2. The molecule has 0 bridgehead atoms. The van der Waals surface area contributed by atoms with Crippen molar-refractivity contribution >= 4 is 23.4 Å². The van der Waals surface area contributed by atoms with E-state index in [9.17, 15) is 14.4 Å². The zero-order valence-electron chi connectivity index (χ0n) is 16.2. The first kappa shape index (κ1) is 19.6. The topological polar surface area (TPSA) is 78.5 Å². The third-order valence-corrected chi connectivity index (χ3v) is 4.82. The second-order valence-electron chi connectivity index (χ2n) is 6.96. The Labute approximate surface area is 164 Å². The second kappa shape index (κ2) is 8.69. The summed E-state index contributed by atoms with van der Waals surface area (Å²) in [5.74, 6) is -0.256. The minimum atomic E-state index is -0.245. The molecule has 2 N–H and O–H groups in total. The first-order valence-electron chi connectivity index (χ1n) is 9.55. The Kier molecular flexibility index (Phi) is 6.09. The van der Waals surface area contributed by atoms with Crippen LogP contribution in [0.1, 0.15) is 51.6 Å². The predicted octanol–water partition coefficient (Wildman–Crippen LogP) is 3.12. The van der Waals surface area contributed by atoms with Gasteiger partial charge in [-0.3, -0.25) is 14.4 Å². The van der Waals surface area contributed by atoms with Gasteiger partial charge in [0.2, 0.25) is 5.91 Å². The van der Waals surface area contributed by atoms with Gasteiger partial charge >= 0.3 is 0 Å². The summed E-state index contributed by atoms with van der Waals surface area (Å²) in [6, 6.07) is 12.5. The van der Waals surface area contributed by atoms with Crippen molar-refractivity contribution in [3.63, 3.8) is 0 Å². The van der Waals surface area contributed by atoms with Gasteiger partial charge in [0.05, 0.1) is 0 Å². The van der Waals surface area contributed by atoms with Gasteiger partial charge in [0, 0.05) is 42.9 Å². The van der Waals surface area contributed by atoms with E-state index >= 15 is 0 Å². The van der Waals surface area contributed by atoms with E-state index in [2.05, 4.69) is 10.6 Å². The number of nitrogens with zero attached hydrogens (tertiary/aromatic N) is 1. The molecule has 0 aliphatic carbocycles. The summed E-state index contributed by atoms with van der Waals surface area (Å²) in [6.07, 6.45) is 1.49. The fourth-order valence-corrected chi connectivity index (χ4v) is 3.26. The lowest BCUT2D eigenvalue weighted by molar-refractivity contribution is -0.128. The molecule has 2 aromatic carbocycles. The number of anilines is 1. The third-order valence-electron chi connectivity index (χ3n) is 4.82. The molecule has 0 aromatic heterocycles. The number of amides is 3. The molecule has 2 aromatic rings. The van der Waals surface area contributed by atoms with Crippen molar-refractivity contribution in [2.24, 2.45) is 0 Å². The van der Waals surface area contributed by atoms with E-state index < -0.39 is 0 Å². The lowest BCUT2D eigenvalue weighted by Gasteiger charge is -2.16. The number of carbonyl (C=O) groups is 3. The van der Waals surface area contributed by atoms with Gasteiger partial charge in [-0.1, -0.05) is 18.2 Å². The number of rotatable bonds is 6. The van der Waals surface area contributed by atoms with Crippen molar-refractivity contribution < 1.29 is 14.4 Å². The Balaban J connectivity index is 1.74. The summed E-state index contributed by atoms with van der Waals surface area (Å²) < 4.78 is 0. The number of carbonyl (C=O) groups excluding carboxylic acids is 3. The molecule has 0 unspecified atom stereocenters. The van der Waals surface area contributed by atoms with Crippen LogP contribution in [0, 0.1) is 6.92 Å². The van der Waals surface area contributed by atoms with Gasteiger partial charge in [-0.15, -0.1) is 0 Å². The fourth-order valence-electron chi connectivity index (χ4n) is 3.26. The van der Waals surface area contributed by atoms with Gasteiger partial charge in [-0.2, -0.15) is 0 Å². The zero-order chi connectivity index (χ0) is 20.1. The Morgan fingerprint density at radius 1 is 1.07 bits per heavy atom. The van der Waals surface area contributed by atoms with Crippen LogP contribution in [-0.4, -0.2) is 35.7 Å². The quantitative estimate of drug-likeness (QED) is 0.809. The Morgan fingerprint density at radius 2 is 1.86 bits per heavy atom. The van der Waals surface area contributed by atoms with Gasteiger partial charge in [-0.05, 0) is 55.7 Å². The number of hydrogen-bond donors (Lipinski definition) is 2. The highest BCUT2D eigenvalue weighted by molar-refractivity contribution is 6.05. The van der Waals surface area contributed by atoms with Crippen molar-refractivity contribution in [1.82, 2.24) is 10.2 Å². The van der Waals surface area contributed by atoms with Gasteiger partial charge in [0.15, 0.2) is 0 Å². The second-order valence-corrected chi connectivity index (χ2v) is 6.96. The number of hydrogen-bond acceptors (Lipinski definition) is 3. The highest BCUT2D eigenvalue weighted by Crippen LogP contribution is 2.19. The number of aryl methyl sites for hydroxylation is 1. The molecule has 6 nitrogen and oxygen atoms in total. The first-order chi connectivity index (χ1) is 13.5. The molecule has 3 rings (SSSR count). The highest BCUT2D eigenvalue weighted by atomic mass is 16.2. The monoisotopic (exact) mass is 379 g/mol. The molecule has 6 heteroatoms. The Morgan fingerprint density at radius 3 is 2.57 bits per heavy atom. The molecule has 1 fully saturated rings. The van der Waals surface area contributed by atoms with Crippen LogP contribution in [0.15, 0.2) is 42.5 Å². The van der Waals surface area contributed by atoms with Crippen molar-refractivity contribution in [1.29, 1.82) is 0 Å². The van der Waals surface area contributed by atoms with Crippen LogP contribution in [-0.2, 0) is 11.3 Å². The third kappa shape index (κ3) is 4.57. The molecule has 146 valence electrons.